The molecule has 0 heterocycles. The van der Waals surface area contributed by atoms with Crippen LogP contribution in [-0.2, 0) is 4.74 Å². The molecular weight excluding hydrogens is 204 g/mol. The highest BCUT2D eigenvalue weighted by molar-refractivity contribution is 7.80. The van der Waals surface area contributed by atoms with Crippen molar-refractivity contribution in [3.8, 4) is 0 Å². The Hall–Kier alpha value is 0.310. The molecule has 0 atom stereocenters. The second-order valence-electron chi connectivity index (χ2n) is 5.16. The van der Waals surface area contributed by atoms with Gasteiger partial charge in [-0.05, 0) is 39.4 Å². The molecule has 0 rings (SSSR count). The number of unbranched alkanes of at least 4 members (excludes halogenated alkanes) is 6. The van der Waals surface area contributed by atoms with Gasteiger partial charge in [-0.3, -0.25) is 0 Å². The highest BCUT2D eigenvalue weighted by Crippen LogP contribution is 2.10. The van der Waals surface area contributed by atoms with Crippen molar-refractivity contribution in [2.24, 2.45) is 0 Å². The van der Waals surface area contributed by atoms with Gasteiger partial charge in [-0.1, -0.05) is 32.1 Å². The van der Waals surface area contributed by atoms with E-state index >= 15 is 0 Å². The maximum atomic E-state index is 5.66. The Morgan fingerprint density at radius 2 is 1.27 bits per heavy atom. The van der Waals surface area contributed by atoms with Gasteiger partial charge in [0.2, 0.25) is 0 Å². The van der Waals surface area contributed by atoms with Crippen LogP contribution in [0.1, 0.15) is 65.7 Å². The molecule has 0 spiro atoms. The van der Waals surface area contributed by atoms with E-state index in [4.69, 9.17) is 4.74 Å². The predicted molar refractivity (Wildman–Crippen MR) is 71.9 cm³/mol. The molecule has 0 N–H and O–H groups in total. The van der Waals surface area contributed by atoms with Crippen LogP contribution in [0.5, 0.6) is 0 Å². The maximum absolute atomic E-state index is 5.66. The first kappa shape index (κ1) is 15.3. The summed E-state index contributed by atoms with van der Waals surface area (Å²) in [7, 11) is 0. The van der Waals surface area contributed by atoms with E-state index in [1.54, 1.807) is 0 Å². The molecule has 0 bridgehead atoms. The minimum atomic E-state index is 0.0343. The Bertz CT molecular complexity index is 129. The standard InChI is InChI=1S/C13H28OS/c1-13(2,3)14-11-9-7-5-4-6-8-10-12-15/h15H,4-12H2,1-3H3. The fourth-order valence-electron chi connectivity index (χ4n) is 1.48. The first-order valence-electron chi connectivity index (χ1n) is 6.31. The maximum Gasteiger partial charge on any atom is 0.0598 e. The Balaban J connectivity index is 2.99. The highest BCUT2D eigenvalue weighted by atomic mass is 32.1. The lowest BCUT2D eigenvalue weighted by Gasteiger charge is -2.19. The van der Waals surface area contributed by atoms with Crippen molar-refractivity contribution in [3.63, 3.8) is 0 Å². The van der Waals surface area contributed by atoms with Crippen molar-refractivity contribution in [3.05, 3.63) is 0 Å². The first-order chi connectivity index (χ1) is 7.06. The van der Waals surface area contributed by atoms with Crippen LogP contribution in [0.4, 0.5) is 0 Å². The van der Waals surface area contributed by atoms with Crippen LogP contribution in [0.3, 0.4) is 0 Å². The summed E-state index contributed by atoms with van der Waals surface area (Å²) >= 11 is 4.20. The molecule has 2 heteroatoms. The quantitative estimate of drug-likeness (QED) is 0.456. The van der Waals surface area contributed by atoms with Gasteiger partial charge in [0.05, 0.1) is 5.60 Å². The third-order valence-electron chi connectivity index (χ3n) is 2.34. The zero-order valence-electron chi connectivity index (χ0n) is 10.7. The normalized spacial score (nSPS) is 12.0. The summed E-state index contributed by atoms with van der Waals surface area (Å²) in [5, 5.41) is 0. The van der Waals surface area contributed by atoms with E-state index in [1.165, 1.54) is 44.9 Å². The summed E-state index contributed by atoms with van der Waals surface area (Å²) in [5.41, 5.74) is 0.0343. The number of ether oxygens (including phenoxy) is 1. The van der Waals surface area contributed by atoms with E-state index in [0.717, 1.165) is 12.4 Å². The van der Waals surface area contributed by atoms with E-state index in [-0.39, 0.29) is 5.60 Å². The van der Waals surface area contributed by atoms with Crippen LogP contribution >= 0.6 is 12.6 Å². The van der Waals surface area contributed by atoms with Crippen molar-refractivity contribution in [2.75, 3.05) is 12.4 Å². The second kappa shape index (κ2) is 9.53. The topological polar surface area (TPSA) is 9.23 Å². The third kappa shape index (κ3) is 14.3. The van der Waals surface area contributed by atoms with E-state index in [1.807, 2.05) is 0 Å². The highest BCUT2D eigenvalue weighted by Gasteiger charge is 2.08. The number of hydrogen-bond acceptors (Lipinski definition) is 2. The average Bonchev–Trinajstić information content (AvgIpc) is 2.14. The number of thiol groups is 1. The summed E-state index contributed by atoms with van der Waals surface area (Å²) in [6.07, 6.45) is 9.27. The van der Waals surface area contributed by atoms with Gasteiger partial charge in [0.1, 0.15) is 0 Å². The molecule has 0 aliphatic heterocycles. The Labute approximate surface area is 101 Å². The molecule has 1 nitrogen and oxygen atoms in total. The molecule has 0 aromatic carbocycles. The van der Waals surface area contributed by atoms with E-state index in [9.17, 15) is 0 Å². The second-order valence-corrected chi connectivity index (χ2v) is 5.61. The van der Waals surface area contributed by atoms with Crippen LogP contribution in [0.25, 0.3) is 0 Å². The smallest absolute Gasteiger partial charge is 0.0598 e. The molecule has 15 heavy (non-hydrogen) atoms. The van der Waals surface area contributed by atoms with Crippen molar-refractivity contribution in [1.82, 2.24) is 0 Å². The van der Waals surface area contributed by atoms with Crippen LogP contribution in [0.2, 0.25) is 0 Å². The van der Waals surface area contributed by atoms with E-state index in [2.05, 4.69) is 33.4 Å². The van der Waals surface area contributed by atoms with Crippen LogP contribution < -0.4 is 0 Å². The minimum absolute atomic E-state index is 0.0343. The Morgan fingerprint density at radius 3 is 1.73 bits per heavy atom. The molecule has 92 valence electrons. The zero-order valence-corrected chi connectivity index (χ0v) is 11.6. The summed E-state index contributed by atoms with van der Waals surface area (Å²) in [6, 6.07) is 0. The van der Waals surface area contributed by atoms with Gasteiger partial charge in [-0.25, -0.2) is 0 Å². The third-order valence-corrected chi connectivity index (χ3v) is 2.65. The monoisotopic (exact) mass is 232 g/mol. The largest absolute Gasteiger partial charge is 0.376 e. The summed E-state index contributed by atoms with van der Waals surface area (Å²) in [5.74, 6) is 1.04. The zero-order chi connectivity index (χ0) is 11.6. The number of rotatable bonds is 9. The molecular formula is C13H28OS. The van der Waals surface area contributed by atoms with Gasteiger partial charge in [-0.2, -0.15) is 12.6 Å². The fraction of sp³-hybridized carbons (Fsp3) is 1.00. The Kier molecular flexibility index (Phi) is 9.73. The SMILES string of the molecule is CC(C)(C)OCCCCCCCCCS. The summed E-state index contributed by atoms with van der Waals surface area (Å²) < 4.78 is 5.66. The van der Waals surface area contributed by atoms with Crippen molar-refractivity contribution >= 4 is 12.6 Å². The van der Waals surface area contributed by atoms with E-state index < -0.39 is 0 Å². The molecule has 0 fully saturated rings. The lowest BCUT2D eigenvalue weighted by molar-refractivity contribution is -0.00474. The molecule has 0 radical (unpaired) electrons. The molecule has 0 aromatic rings. The lowest BCUT2D eigenvalue weighted by Crippen LogP contribution is -2.19. The molecule has 0 saturated heterocycles. The molecule has 0 unspecified atom stereocenters. The minimum Gasteiger partial charge on any atom is -0.376 e. The van der Waals surface area contributed by atoms with Crippen molar-refractivity contribution in [2.45, 2.75) is 71.3 Å². The van der Waals surface area contributed by atoms with E-state index in [0.29, 0.717) is 0 Å². The summed E-state index contributed by atoms with van der Waals surface area (Å²) in [4.78, 5) is 0. The molecule has 0 aromatic heterocycles. The Morgan fingerprint density at radius 1 is 0.800 bits per heavy atom. The van der Waals surface area contributed by atoms with Crippen molar-refractivity contribution < 1.29 is 4.74 Å². The number of hydrogen-bond donors (Lipinski definition) is 1. The van der Waals surface area contributed by atoms with Crippen LogP contribution in [-0.4, -0.2) is 18.0 Å². The van der Waals surface area contributed by atoms with Gasteiger partial charge < -0.3 is 4.74 Å². The average molecular weight is 232 g/mol. The summed E-state index contributed by atoms with van der Waals surface area (Å²) in [6.45, 7) is 7.26. The predicted octanol–water partition coefficient (Wildman–Crippen LogP) is 4.46. The van der Waals surface area contributed by atoms with Crippen LogP contribution in [0, 0.1) is 0 Å². The van der Waals surface area contributed by atoms with Gasteiger partial charge in [0.25, 0.3) is 0 Å². The molecule has 0 amide bonds. The van der Waals surface area contributed by atoms with Gasteiger partial charge in [0, 0.05) is 6.61 Å². The van der Waals surface area contributed by atoms with Crippen LogP contribution in [0.15, 0.2) is 0 Å². The first-order valence-corrected chi connectivity index (χ1v) is 6.94. The molecule has 0 saturated carbocycles. The molecule has 0 aliphatic carbocycles. The lowest BCUT2D eigenvalue weighted by atomic mass is 10.1. The van der Waals surface area contributed by atoms with Gasteiger partial charge in [-0.15, -0.1) is 0 Å². The molecule has 0 aliphatic rings. The van der Waals surface area contributed by atoms with Gasteiger partial charge >= 0.3 is 0 Å². The van der Waals surface area contributed by atoms with Gasteiger partial charge in [0.15, 0.2) is 0 Å². The fourth-order valence-corrected chi connectivity index (χ4v) is 1.70. The van der Waals surface area contributed by atoms with Crippen molar-refractivity contribution in [1.29, 1.82) is 0 Å².